The molecule has 0 radical (unpaired) electrons. The lowest BCUT2D eigenvalue weighted by Crippen LogP contribution is -2.17. The first-order chi connectivity index (χ1) is 17.1. The van der Waals surface area contributed by atoms with Gasteiger partial charge in [0.1, 0.15) is 28.6 Å². The summed E-state index contributed by atoms with van der Waals surface area (Å²) >= 11 is 0. The number of ketones is 1. The van der Waals surface area contributed by atoms with Crippen molar-refractivity contribution in [1.82, 2.24) is 4.98 Å². The Morgan fingerprint density at radius 1 is 1.06 bits per heavy atom. The van der Waals surface area contributed by atoms with Crippen LogP contribution in [0.2, 0.25) is 0 Å². The minimum atomic E-state index is -5.07. The Morgan fingerprint density at radius 2 is 1.79 bits per heavy atom. The minimum absolute atomic E-state index is 0.0478. The number of pyridine rings is 1. The van der Waals surface area contributed by atoms with Gasteiger partial charge in [-0.3, -0.25) is 14.6 Å². The Morgan fingerprint density at radius 3 is 2.47 bits per heavy atom. The largest absolute Gasteiger partial charge is 0.573 e. The van der Waals surface area contributed by atoms with Gasteiger partial charge in [0, 0.05) is 24.9 Å². The van der Waals surface area contributed by atoms with Gasteiger partial charge in [-0.2, -0.15) is 0 Å². The molecule has 1 heterocycles. The highest BCUT2D eigenvalue weighted by Crippen LogP contribution is 2.38. The molecule has 0 saturated carbocycles. The molecule has 0 saturated heterocycles. The quantitative estimate of drug-likeness (QED) is 0.345. The smallest absolute Gasteiger partial charge is 0.493 e. The van der Waals surface area contributed by atoms with Gasteiger partial charge in [0.15, 0.2) is 17.3 Å². The number of carbonyl (C=O) groups excluding carboxylic acids is 2. The van der Waals surface area contributed by atoms with Crippen LogP contribution < -0.4 is 19.5 Å². The van der Waals surface area contributed by atoms with E-state index in [9.17, 15) is 22.8 Å². The number of nitrogens with one attached hydrogen (secondary N) is 1. The molecule has 11 heteroatoms. The standard InChI is InChI=1S/C23H18F4N2O5/c1-12-4-6-18(33-17-7-5-15(11-19(17)32-3)34-23(25,26)27)20(21(12)24)22(31)29-14-8-9-28-16(10-14)13(2)30/h4-11H,1-3H3,(H,28,29,31)/i3D3. The average molecular weight is 481 g/mol. The Hall–Kier alpha value is -4.15. The number of amides is 1. The van der Waals surface area contributed by atoms with E-state index in [1.807, 2.05) is 0 Å². The van der Waals surface area contributed by atoms with Crippen LogP contribution in [0.1, 0.15) is 37.4 Å². The number of Topliss-reactive ketones (excluding diaryl/α,β-unsaturated/α-hetero) is 1. The summed E-state index contributed by atoms with van der Waals surface area (Å²) in [5.41, 5.74) is -0.370. The van der Waals surface area contributed by atoms with Gasteiger partial charge in [-0.1, -0.05) is 6.07 Å². The maximum atomic E-state index is 15.1. The van der Waals surface area contributed by atoms with E-state index in [0.29, 0.717) is 6.07 Å². The molecule has 0 aliphatic carbocycles. The molecular weight excluding hydrogens is 460 g/mol. The highest BCUT2D eigenvalue weighted by molar-refractivity contribution is 6.07. The van der Waals surface area contributed by atoms with Gasteiger partial charge in [-0.05, 0) is 42.8 Å². The molecule has 3 aromatic rings. The van der Waals surface area contributed by atoms with Crippen LogP contribution in [0, 0.1) is 12.7 Å². The number of methoxy groups -OCH3 is 1. The van der Waals surface area contributed by atoms with Crippen molar-refractivity contribution in [2.75, 3.05) is 12.4 Å². The van der Waals surface area contributed by atoms with E-state index >= 15 is 4.39 Å². The summed E-state index contributed by atoms with van der Waals surface area (Å²) in [6, 6.07) is 7.46. The van der Waals surface area contributed by atoms with Gasteiger partial charge in [0.05, 0.1) is 11.2 Å². The van der Waals surface area contributed by atoms with Gasteiger partial charge in [0.2, 0.25) is 0 Å². The molecule has 0 fully saturated rings. The molecule has 3 rings (SSSR count). The van der Waals surface area contributed by atoms with E-state index in [4.69, 9.17) is 13.6 Å². The van der Waals surface area contributed by atoms with E-state index in [1.165, 1.54) is 44.3 Å². The number of aromatic nitrogens is 1. The monoisotopic (exact) mass is 481 g/mol. The third-order valence-corrected chi connectivity index (χ3v) is 4.38. The predicted octanol–water partition coefficient (Wildman–Crippen LogP) is 5.68. The topological polar surface area (TPSA) is 86.8 Å². The van der Waals surface area contributed by atoms with Crippen LogP contribution in [0.4, 0.5) is 23.2 Å². The van der Waals surface area contributed by atoms with Gasteiger partial charge in [-0.25, -0.2) is 4.39 Å². The summed E-state index contributed by atoms with van der Waals surface area (Å²) in [4.78, 5) is 28.4. The van der Waals surface area contributed by atoms with Crippen LogP contribution in [-0.4, -0.2) is 30.1 Å². The molecule has 178 valence electrons. The summed E-state index contributed by atoms with van der Waals surface area (Å²) in [6.45, 7) is 2.65. The number of aryl methyl sites for hydroxylation is 1. The molecule has 0 spiro atoms. The van der Waals surface area contributed by atoms with Gasteiger partial charge in [-0.15, -0.1) is 13.2 Å². The van der Waals surface area contributed by atoms with Crippen molar-refractivity contribution in [3.63, 3.8) is 0 Å². The Balaban J connectivity index is 2.01. The van der Waals surface area contributed by atoms with E-state index < -0.39 is 53.7 Å². The molecule has 0 unspecified atom stereocenters. The van der Waals surface area contributed by atoms with Crippen LogP contribution in [0.5, 0.6) is 23.0 Å². The second-order valence-corrected chi connectivity index (χ2v) is 6.87. The fourth-order valence-corrected chi connectivity index (χ4v) is 2.82. The number of carbonyl (C=O) groups is 2. The number of hydrogen-bond donors (Lipinski definition) is 1. The molecule has 34 heavy (non-hydrogen) atoms. The van der Waals surface area contributed by atoms with Crippen LogP contribution >= 0.6 is 0 Å². The minimum Gasteiger partial charge on any atom is -0.493 e. The Labute approximate surface area is 195 Å². The predicted molar refractivity (Wildman–Crippen MR) is 113 cm³/mol. The Bertz CT molecular complexity index is 1350. The van der Waals surface area contributed by atoms with Crippen LogP contribution in [0.25, 0.3) is 0 Å². The third kappa shape index (κ3) is 5.80. The lowest BCUT2D eigenvalue weighted by Gasteiger charge is -2.16. The molecule has 1 aromatic heterocycles. The average Bonchev–Trinajstić information content (AvgIpc) is 2.76. The fraction of sp³-hybridized carbons (Fsp3) is 0.174. The maximum Gasteiger partial charge on any atom is 0.573 e. The molecule has 1 amide bonds. The first-order valence-electron chi connectivity index (χ1n) is 11.0. The number of rotatable bonds is 7. The number of alkyl halides is 3. The van der Waals surface area contributed by atoms with Gasteiger partial charge >= 0.3 is 6.36 Å². The first kappa shape index (κ1) is 20.5. The van der Waals surface area contributed by atoms with Crippen molar-refractivity contribution < 1.29 is 45.5 Å². The second kappa shape index (κ2) is 9.77. The second-order valence-electron chi connectivity index (χ2n) is 6.87. The number of halogens is 4. The zero-order chi connectivity index (χ0) is 27.5. The fourth-order valence-electron chi connectivity index (χ4n) is 2.82. The normalized spacial score (nSPS) is 12.7. The van der Waals surface area contributed by atoms with Crippen molar-refractivity contribution in [2.24, 2.45) is 0 Å². The molecule has 0 bridgehead atoms. The molecular formula is C23H18F4N2O5. The number of hydrogen-bond acceptors (Lipinski definition) is 6. The summed E-state index contributed by atoms with van der Waals surface area (Å²) in [5, 5.41) is 2.42. The zero-order valence-electron chi connectivity index (χ0n) is 20.6. The number of benzene rings is 2. The first-order valence-corrected chi connectivity index (χ1v) is 9.47. The molecule has 2 aromatic carbocycles. The van der Waals surface area contributed by atoms with E-state index in [0.717, 1.165) is 12.1 Å². The van der Waals surface area contributed by atoms with Crippen molar-refractivity contribution >= 4 is 17.4 Å². The van der Waals surface area contributed by atoms with Gasteiger partial charge in [0.25, 0.3) is 5.91 Å². The van der Waals surface area contributed by atoms with Gasteiger partial charge < -0.3 is 19.5 Å². The highest BCUT2D eigenvalue weighted by Gasteiger charge is 2.31. The number of nitrogens with zero attached hydrogens (tertiary/aromatic N) is 1. The third-order valence-electron chi connectivity index (χ3n) is 4.38. The van der Waals surface area contributed by atoms with Crippen LogP contribution in [0.3, 0.4) is 0 Å². The molecule has 1 N–H and O–H groups in total. The highest BCUT2D eigenvalue weighted by atomic mass is 19.4. The van der Waals surface area contributed by atoms with Crippen LogP contribution in [0.15, 0.2) is 48.7 Å². The van der Waals surface area contributed by atoms with E-state index in [2.05, 4.69) is 15.0 Å². The summed E-state index contributed by atoms with van der Waals surface area (Å²) in [5.74, 6) is -4.67. The van der Waals surface area contributed by atoms with Crippen LogP contribution in [-0.2, 0) is 0 Å². The van der Waals surface area contributed by atoms with Crippen molar-refractivity contribution in [3.05, 3.63) is 71.3 Å². The van der Waals surface area contributed by atoms with Crippen molar-refractivity contribution in [3.8, 4) is 23.0 Å². The summed E-state index contributed by atoms with van der Waals surface area (Å²) in [6.07, 6.45) is -3.81. The zero-order valence-corrected chi connectivity index (χ0v) is 17.6. The van der Waals surface area contributed by atoms with Crippen molar-refractivity contribution in [2.45, 2.75) is 20.2 Å². The summed E-state index contributed by atoms with van der Waals surface area (Å²) < 4.78 is 88.8. The molecule has 0 aliphatic heterocycles. The maximum absolute atomic E-state index is 15.1. The lowest BCUT2D eigenvalue weighted by molar-refractivity contribution is -0.274. The van der Waals surface area contributed by atoms with E-state index in [1.54, 1.807) is 0 Å². The summed E-state index contributed by atoms with van der Waals surface area (Å²) in [7, 11) is -3.09. The SMILES string of the molecule is [2H]C([2H])([2H])Oc1cc(OC(F)(F)F)ccc1Oc1ccc(C)c(F)c1C(=O)Nc1ccnc(C(C)=O)c1. The molecule has 7 nitrogen and oxygen atoms in total. The Kier molecular flexibility index (Phi) is 5.88. The molecule has 0 atom stereocenters. The van der Waals surface area contributed by atoms with E-state index in [-0.39, 0.29) is 22.7 Å². The number of ether oxygens (including phenoxy) is 3. The number of anilines is 1. The molecule has 0 aliphatic rings. The van der Waals surface area contributed by atoms with Crippen molar-refractivity contribution in [1.29, 1.82) is 0 Å². The lowest BCUT2D eigenvalue weighted by atomic mass is 10.1.